The summed E-state index contributed by atoms with van der Waals surface area (Å²) in [5.74, 6) is 1.87. The molecule has 1 rings (SSSR count). The van der Waals surface area contributed by atoms with Crippen LogP contribution in [-0.2, 0) is 6.42 Å². The Hall–Kier alpha value is -1.52. The molecule has 0 aliphatic rings. The topological polar surface area (TPSA) is 73.1 Å². The van der Waals surface area contributed by atoms with Crippen LogP contribution in [0.1, 0.15) is 46.9 Å². The van der Waals surface area contributed by atoms with E-state index >= 15 is 0 Å². The summed E-state index contributed by atoms with van der Waals surface area (Å²) in [6.07, 6.45) is 1.68. The normalized spacial score (nSPS) is 11.4. The molecule has 1 heterocycles. The van der Waals surface area contributed by atoms with Crippen LogP contribution in [0.2, 0.25) is 0 Å². The smallest absolute Gasteiger partial charge is 0.242 e. The summed E-state index contributed by atoms with van der Waals surface area (Å²) in [6, 6.07) is 0. The van der Waals surface area contributed by atoms with E-state index in [1.54, 1.807) is 0 Å². The molecule has 0 saturated carbocycles. The van der Waals surface area contributed by atoms with E-state index in [1.165, 1.54) is 0 Å². The third-order valence-electron chi connectivity index (χ3n) is 2.21. The fourth-order valence-corrected chi connectivity index (χ4v) is 1.41. The molecule has 0 spiro atoms. The number of hydrogen-bond acceptors (Lipinski definition) is 5. The first-order valence-corrected chi connectivity index (χ1v) is 6.44. The van der Waals surface area contributed by atoms with Crippen LogP contribution in [-0.4, -0.2) is 22.1 Å². The van der Waals surface area contributed by atoms with Gasteiger partial charge in [0, 0.05) is 12.0 Å². The second-order valence-electron chi connectivity index (χ2n) is 5.28. The van der Waals surface area contributed by atoms with Gasteiger partial charge in [-0.1, -0.05) is 13.8 Å². The molecule has 0 unspecified atom stereocenters. The van der Waals surface area contributed by atoms with Crippen molar-refractivity contribution in [2.75, 3.05) is 17.7 Å². The first kappa shape index (κ1) is 14.5. The van der Waals surface area contributed by atoms with Crippen LogP contribution in [0, 0.1) is 0 Å². The van der Waals surface area contributed by atoms with Crippen molar-refractivity contribution in [2.45, 2.75) is 53.0 Å². The largest absolute Gasteiger partial charge is 0.476 e. The highest BCUT2D eigenvalue weighted by Gasteiger charge is 2.17. The highest BCUT2D eigenvalue weighted by molar-refractivity contribution is 5.67. The molecule has 5 heteroatoms. The van der Waals surface area contributed by atoms with Gasteiger partial charge in [-0.15, -0.1) is 0 Å². The Morgan fingerprint density at radius 1 is 1.22 bits per heavy atom. The Kier molecular flexibility index (Phi) is 4.76. The lowest BCUT2D eigenvalue weighted by Crippen LogP contribution is -2.28. The maximum Gasteiger partial charge on any atom is 0.242 e. The van der Waals surface area contributed by atoms with Gasteiger partial charge in [0.1, 0.15) is 11.5 Å². The molecule has 1 aromatic rings. The maximum atomic E-state index is 6.04. The van der Waals surface area contributed by atoms with E-state index in [2.05, 4.69) is 36.1 Å². The standard InChI is InChI=1S/C13H24N4O/c1-6-8-18-12-10(14)11(17-13(3,4)5)15-9(7-2)16-12/h6-8,14H2,1-5H3,(H,15,16,17). The van der Waals surface area contributed by atoms with Crippen molar-refractivity contribution >= 4 is 11.5 Å². The minimum Gasteiger partial charge on any atom is -0.476 e. The molecule has 102 valence electrons. The molecule has 1 aromatic heterocycles. The second-order valence-corrected chi connectivity index (χ2v) is 5.28. The van der Waals surface area contributed by atoms with Gasteiger partial charge in [-0.2, -0.15) is 4.98 Å². The van der Waals surface area contributed by atoms with Crippen molar-refractivity contribution in [3.8, 4) is 5.88 Å². The van der Waals surface area contributed by atoms with Crippen LogP contribution in [0.4, 0.5) is 11.5 Å². The summed E-state index contributed by atoms with van der Waals surface area (Å²) in [5, 5.41) is 3.28. The molecular formula is C13H24N4O. The van der Waals surface area contributed by atoms with Crippen molar-refractivity contribution in [2.24, 2.45) is 0 Å². The third-order valence-corrected chi connectivity index (χ3v) is 2.21. The van der Waals surface area contributed by atoms with E-state index < -0.39 is 0 Å². The number of hydrogen-bond donors (Lipinski definition) is 2. The van der Waals surface area contributed by atoms with E-state index in [0.29, 0.717) is 24.0 Å². The van der Waals surface area contributed by atoms with Crippen LogP contribution < -0.4 is 15.8 Å². The van der Waals surface area contributed by atoms with Gasteiger partial charge >= 0.3 is 0 Å². The lowest BCUT2D eigenvalue weighted by molar-refractivity contribution is 0.305. The summed E-state index contributed by atoms with van der Waals surface area (Å²) < 4.78 is 5.57. The summed E-state index contributed by atoms with van der Waals surface area (Å²) in [4.78, 5) is 8.74. The zero-order chi connectivity index (χ0) is 13.8. The van der Waals surface area contributed by atoms with Crippen LogP contribution in [0.25, 0.3) is 0 Å². The van der Waals surface area contributed by atoms with Crippen LogP contribution in [0.15, 0.2) is 0 Å². The Balaban J connectivity index is 3.08. The minimum absolute atomic E-state index is 0.102. The molecule has 3 N–H and O–H groups in total. The molecule has 0 aliphatic heterocycles. The van der Waals surface area contributed by atoms with Gasteiger partial charge in [0.2, 0.25) is 5.88 Å². The summed E-state index contributed by atoms with van der Waals surface area (Å²) >= 11 is 0. The van der Waals surface area contributed by atoms with Gasteiger partial charge in [-0.25, -0.2) is 4.98 Å². The number of rotatable bonds is 5. The molecule has 0 saturated heterocycles. The molecule has 0 amide bonds. The van der Waals surface area contributed by atoms with E-state index in [4.69, 9.17) is 10.5 Å². The van der Waals surface area contributed by atoms with Gasteiger partial charge < -0.3 is 15.8 Å². The van der Waals surface area contributed by atoms with Crippen molar-refractivity contribution in [1.82, 2.24) is 9.97 Å². The summed E-state index contributed by atoms with van der Waals surface area (Å²) in [6.45, 7) is 10.9. The number of nitrogens with zero attached hydrogens (tertiary/aromatic N) is 2. The van der Waals surface area contributed by atoms with Crippen molar-refractivity contribution in [1.29, 1.82) is 0 Å². The number of anilines is 2. The Morgan fingerprint density at radius 2 is 1.89 bits per heavy atom. The van der Waals surface area contributed by atoms with E-state index in [9.17, 15) is 0 Å². The van der Waals surface area contributed by atoms with Gasteiger partial charge in [-0.05, 0) is 27.2 Å². The minimum atomic E-state index is -0.102. The summed E-state index contributed by atoms with van der Waals surface area (Å²) in [7, 11) is 0. The highest BCUT2D eigenvalue weighted by Crippen LogP contribution is 2.28. The Labute approximate surface area is 109 Å². The second kappa shape index (κ2) is 5.89. The highest BCUT2D eigenvalue weighted by atomic mass is 16.5. The average Bonchev–Trinajstić information content (AvgIpc) is 2.28. The Morgan fingerprint density at radius 3 is 2.39 bits per heavy atom. The van der Waals surface area contributed by atoms with Gasteiger partial charge in [0.25, 0.3) is 0 Å². The van der Waals surface area contributed by atoms with Gasteiger partial charge in [0.15, 0.2) is 5.82 Å². The molecule has 0 aromatic carbocycles. The average molecular weight is 252 g/mol. The maximum absolute atomic E-state index is 6.04. The van der Waals surface area contributed by atoms with Crippen molar-refractivity contribution in [3.05, 3.63) is 5.82 Å². The monoisotopic (exact) mass is 252 g/mol. The number of aryl methyl sites for hydroxylation is 1. The molecule has 0 bridgehead atoms. The van der Waals surface area contributed by atoms with Crippen molar-refractivity contribution < 1.29 is 4.74 Å². The quantitative estimate of drug-likeness (QED) is 0.842. The fraction of sp³-hybridized carbons (Fsp3) is 0.692. The van der Waals surface area contributed by atoms with Crippen LogP contribution >= 0.6 is 0 Å². The first-order chi connectivity index (χ1) is 8.37. The number of nitrogens with two attached hydrogens (primary N) is 1. The number of aromatic nitrogens is 2. The lowest BCUT2D eigenvalue weighted by Gasteiger charge is -2.23. The number of ether oxygens (including phenoxy) is 1. The molecule has 0 atom stereocenters. The molecule has 5 nitrogen and oxygen atoms in total. The van der Waals surface area contributed by atoms with E-state index in [-0.39, 0.29) is 5.54 Å². The zero-order valence-electron chi connectivity index (χ0n) is 12.0. The zero-order valence-corrected chi connectivity index (χ0v) is 12.0. The molecule has 0 fully saturated rings. The van der Waals surface area contributed by atoms with E-state index in [1.807, 2.05) is 13.8 Å². The van der Waals surface area contributed by atoms with Crippen molar-refractivity contribution in [3.63, 3.8) is 0 Å². The molecular weight excluding hydrogens is 228 g/mol. The predicted octanol–water partition coefficient (Wildman–Crippen LogP) is 2.62. The summed E-state index contributed by atoms with van der Waals surface area (Å²) in [5.41, 5.74) is 6.42. The van der Waals surface area contributed by atoms with E-state index in [0.717, 1.165) is 18.7 Å². The molecule has 0 radical (unpaired) electrons. The molecule has 18 heavy (non-hydrogen) atoms. The SMILES string of the molecule is CCCOc1nc(CC)nc(NC(C)(C)C)c1N. The third kappa shape index (κ3) is 4.05. The molecule has 0 aliphatic carbocycles. The Bertz CT molecular complexity index is 399. The first-order valence-electron chi connectivity index (χ1n) is 6.44. The van der Waals surface area contributed by atoms with Gasteiger partial charge in [-0.3, -0.25) is 0 Å². The van der Waals surface area contributed by atoms with Crippen LogP contribution in [0.3, 0.4) is 0 Å². The predicted molar refractivity (Wildman–Crippen MR) is 75.0 cm³/mol. The number of nitrogen functional groups attached to an aromatic ring is 1. The van der Waals surface area contributed by atoms with Gasteiger partial charge in [0.05, 0.1) is 6.61 Å². The fourth-order valence-electron chi connectivity index (χ4n) is 1.41. The lowest BCUT2D eigenvalue weighted by atomic mass is 10.1. The number of nitrogens with one attached hydrogen (secondary N) is 1. The van der Waals surface area contributed by atoms with Crippen LogP contribution in [0.5, 0.6) is 5.88 Å².